The number of nitrogens with one attached hydrogen (secondary N) is 1. The minimum Gasteiger partial charge on any atom is -0.394 e. The fourth-order valence-corrected chi connectivity index (χ4v) is 5.04. The van der Waals surface area contributed by atoms with E-state index >= 15 is 0 Å². The highest BCUT2D eigenvalue weighted by atomic mass is 32.2. The first-order chi connectivity index (χ1) is 9.22. The van der Waals surface area contributed by atoms with Crippen molar-refractivity contribution in [3.05, 3.63) is 0 Å². The van der Waals surface area contributed by atoms with Crippen LogP contribution in [0.3, 0.4) is 0 Å². The Labute approximate surface area is 121 Å². The fraction of sp³-hybridized carbons (Fsp3) is 1.00. The SMILES string of the molecule is CCNC1(CO)CCCC1CCSC1CCOC1C. The summed E-state index contributed by atoms with van der Waals surface area (Å²) in [5.41, 5.74) is 0.00705. The third-order valence-corrected chi connectivity index (χ3v) is 6.39. The van der Waals surface area contributed by atoms with Crippen LogP contribution < -0.4 is 5.32 Å². The third kappa shape index (κ3) is 3.66. The van der Waals surface area contributed by atoms with Gasteiger partial charge in [-0.25, -0.2) is 0 Å². The number of hydrogen-bond acceptors (Lipinski definition) is 4. The van der Waals surface area contributed by atoms with Gasteiger partial charge in [-0.2, -0.15) is 11.8 Å². The zero-order valence-electron chi connectivity index (χ0n) is 12.4. The van der Waals surface area contributed by atoms with Crippen LogP contribution in [0, 0.1) is 5.92 Å². The molecule has 0 aromatic carbocycles. The predicted octanol–water partition coefficient (Wildman–Crippen LogP) is 2.43. The fourth-order valence-electron chi connectivity index (χ4n) is 3.71. The van der Waals surface area contributed by atoms with Crippen LogP contribution in [-0.2, 0) is 4.74 Å². The molecular formula is C15H29NO2S. The second kappa shape index (κ2) is 7.30. The lowest BCUT2D eigenvalue weighted by molar-refractivity contribution is 0.123. The maximum atomic E-state index is 9.78. The Hall–Kier alpha value is 0.230. The van der Waals surface area contributed by atoms with Crippen LogP contribution in [0.5, 0.6) is 0 Å². The zero-order chi connectivity index (χ0) is 13.7. The van der Waals surface area contributed by atoms with Gasteiger partial charge >= 0.3 is 0 Å². The molecule has 1 aliphatic carbocycles. The average Bonchev–Trinajstić information content (AvgIpc) is 2.99. The van der Waals surface area contributed by atoms with Crippen molar-refractivity contribution < 1.29 is 9.84 Å². The molecule has 2 aliphatic rings. The Bertz CT molecular complexity index is 277. The summed E-state index contributed by atoms with van der Waals surface area (Å²) in [6.45, 7) is 6.51. The first-order valence-electron chi connectivity index (χ1n) is 7.81. The van der Waals surface area contributed by atoms with Crippen molar-refractivity contribution in [2.24, 2.45) is 5.92 Å². The van der Waals surface area contributed by atoms with Crippen molar-refractivity contribution in [3.8, 4) is 0 Å². The van der Waals surface area contributed by atoms with Crippen molar-refractivity contribution in [1.82, 2.24) is 5.32 Å². The minimum atomic E-state index is 0.00705. The second-order valence-electron chi connectivity index (χ2n) is 6.00. The molecule has 112 valence electrons. The van der Waals surface area contributed by atoms with Gasteiger partial charge in [-0.15, -0.1) is 0 Å². The van der Waals surface area contributed by atoms with E-state index in [9.17, 15) is 5.11 Å². The molecule has 1 saturated carbocycles. The number of thioether (sulfide) groups is 1. The molecule has 2 rings (SSSR count). The summed E-state index contributed by atoms with van der Waals surface area (Å²) in [6, 6.07) is 0. The maximum absolute atomic E-state index is 9.78. The summed E-state index contributed by atoms with van der Waals surface area (Å²) in [6.07, 6.45) is 6.51. The average molecular weight is 287 g/mol. The van der Waals surface area contributed by atoms with Gasteiger partial charge in [0.2, 0.25) is 0 Å². The van der Waals surface area contributed by atoms with Crippen molar-refractivity contribution in [1.29, 1.82) is 0 Å². The normalized spacial score (nSPS) is 39.0. The largest absolute Gasteiger partial charge is 0.394 e. The minimum absolute atomic E-state index is 0.00705. The second-order valence-corrected chi connectivity index (χ2v) is 7.34. The molecule has 0 amide bonds. The quantitative estimate of drug-likeness (QED) is 0.754. The van der Waals surface area contributed by atoms with Gasteiger partial charge in [-0.1, -0.05) is 13.3 Å². The first-order valence-corrected chi connectivity index (χ1v) is 8.86. The molecule has 2 fully saturated rings. The summed E-state index contributed by atoms with van der Waals surface area (Å²) in [5, 5.41) is 14.0. The van der Waals surface area contributed by atoms with E-state index in [1.807, 2.05) is 0 Å². The van der Waals surface area contributed by atoms with Gasteiger partial charge in [0, 0.05) is 17.4 Å². The number of aliphatic hydroxyl groups excluding tert-OH is 1. The molecule has 1 saturated heterocycles. The lowest BCUT2D eigenvalue weighted by atomic mass is 9.86. The van der Waals surface area contributed by atoms with Gasteiger partial charge in [0.25, 0.3) is 0 Å². The number of rotatable bonds is 7. The lowest BCUT2D eigenvalue weighted by Crippen LogP contribution is -2.51. The van der Waals surface area contributed by atoms with Crippen molar-refractivity contribution in [3.63, 3.8) is 0 Å². The number of ether oxygens (including phenoxy) is 1. The molecule has 0 aromatic heterocycles. The highest BCUT2D eigenvalue weighted by Gasteiger charge is 2.41. The van der Waals surface area contributed by atoms with E-state index in [0.29, 0.717) is 23.9 Å². The highest BCUT2D eigenvalue weighted by Crippen LogP contribution is 2.39. The molecule has 0 bridgehead atoms. The summed E-state index contributed by atoms with van der Waals surface area (Å²) in [5.74, 6) is 1.85. The summed E-state index contributed by atoms with van der Waals surface area (Å²) < 4.78 is 5.62. The highest BCUT2D eigenvalue weighted by molar-refractivity contribution is 7.99. The molecule has 1 aliphatic heterocycles. The van der Waals surface area contributed by atoms with E-state index in [1.54, 1.807) is 0 Å². The molecule has 0 spiro atoms. The van der Waals surface area contributed by atoms with Crippen LogP contribution in [-0.4, -0.2) is 47.5 Å². The third-order valence-electron chi connectivity index (χ3n) is 4.87. The van der Waals surface area contributed by atoms with Gasteiger partial charge in [-0.05, 0) is 50.8 Å². The van der Waals surface area contributed by atoms with Crippen LogP contribution in [0.1, 0.15) is 46.0 Å². The lowest BCUT2D eigenvalue weighted by Gasteiger charge is -2.35. The molecule has 4 unspecified atom stereocenters. The van der Waals surface area contributed by atoms with E-state index in [1.165, 1.54) is 31.4 Å². The van der Waals surface area contributed by atoms with E-state index in [-0.39, 0.29) is 5.54 Å². The number of aliphatic hydroxyl groups is 1. The standard InChI is InChI=1S/C15H29NO2S/c1-3-16-15(11-17)8-4-5-13(15)7-10-19-14-6-9-18-12(14)2/h12-14,16-17H,3-11H2,1-2H3. The van der Waals surface area contributed by atoms with Crippen LogP contribution in [0.2, 0.25) is 0 Å². The molecule has 3 nitrogen and oxygen atoms in total. The molecule has 1 heterocycles. The van der Waals surface area contributed by atoms with Gasteiger partial charge < -0.3 is 15.2 Å². The topological polar surface area (TPSA) is 41.5 Å². The summed E-state index contributed by atoms with van der Waals surface area (Å²) in [4.78, 5) is 0. The maximum Gasteiger partial charge on any atom is 0.0666 e. The predicted molar refractivity (Wildman–Crippen MR) is 81.7 cm³/mol. The van der Waals surface area contributed by atoms with Gasteiger partial charge in [0.15, 0.2) is 0 Å². The summed E-state index contributed by atoms with van der Waals surface area (Å²) >= 11 is 2.07. The Morgan fingerprint density at radius 3 is 2.89 bits per heavy atom. The van der Waals surface area contributed by atoms with Crippen LogP contribution in [0.15, 0.2) is 0 Å². The Kier molecular flexibility index (Phi) is 6.00. The Morgan fingerprint density at radius 1 is 1.42 bits per heavy atom. The molecule has 0 aromatic rings. The Morgan fingerprint density at radius 2 is 2.26 bits per heavy atom. The zero-order valence-corrected chi connectivity index (χ0v) is 13.2. The van der Waals surface area contributed by atoms with Gasteiger partial charge in [-0.3, -0.25) is 0 Å². The molecule has 2 N–H and O–H groups in total. The molecule has 19 heavy (non-hydrogen) atoms. The molecule has 0 radical (unpaired) electrons. The number of likely N-dealkylation sites (N-methyl/N-ethyl adjacent to an activating group) is 1. The van der Waals surface area contributed by atoms with Crippen molar-refractivity contribution in [2.75, 3.05) is 25.5 Å². The molecule has 4 atom stereocenters. The van der Waals surface area contributed by atoms with Crippen molar-refractivity contribution in [2.45, 2.75) is 62.8 Å². The van der Waals surface area contributed by atoms with Gasteiger partial charge in [0.1, 0.15) is 0 Å². The monoisotopic (exact) mass is 287 g/mol. The van der Waals surface area contributed by atoms with E-state index in [0.717, 1.165) is 19.6 Å². The van der Waals surface area contributed by atoms with Crippen molar-refractivity contribution >= 4 is 11.8 Å². The smallest absolute Gasteiger partial charge is 0.0666 e. The molecule has 4 heteroatoms. The van der Waals surface area contributed by atoms with E-state index in [2.05, 4.69) is 30.9 Å². The Balaban J connectivity index is 1.77. The molecular weight excluding hydrogens is 258 g/mol. The van der Waals surface area contributed by atoms with Crippen LogP contribution >= 0.6 is 11.8 Å². The first kappa shape index (κ1) is 15.6. The van der Waals surface area contributed by atoms with E-state index in [4.69, 9.17) is 4.74 Å². The summed E-state index contributed by atoms with van der Waals surface area (Å²) in [7, 11) is 0. The number of hydrogen-bond donors (Lipinski definition) is 2. The van der Waals surface area contributed by atoms with Gasteiger partial charge in [0.05, 0.1) is 12.7 Å². The van der Waals surface area contributed by atoms with Crippen LogP contribution in [0.4, 0.5) is 0 Å². The van der Waals surface area contributed by atoms with Crippen LogP contribution in [0.25, 0.3) is 0 Å². The van der Waals surface area contributed by atoms with E-state index < -0.39 is 0 Å².